The Balaban J connectivity index is 2.04. The maximum absolute atomic E-state index is 11.5. The minimum atomic E-state index is -1.67. The van der Waals surface area contributed by atoms with Gasteiger partial charge in [0.05, 0.1) is 11.6 Å². The molecule has 24 heavy (non-hydrogen) atoms. The molecule has 0 saturated heterocycles. The van der Waals surface area contributed by atoms with E-state index < -0.39 is 18.2 Å². The molecule has 5 nitrogen and oxygen atoms in total. The largest absolute Gasteiger partial charge is 0.487 e. The first-order valence-corrected chi connectivity index (χ1v) is 7.89. The number of aliphatic hydroxyl groups is 2. The molecule has 0 heterocycles. The van der Waals surface area contributed by atoms with Gasteiger partial charge in [-0.2, -0.15) is 0 Å². The van der Waals surface area contributed by atoms with Gasteiger partial charge < -0.3 is 19.7 Å². The lowest BCUT2D eigenvalue weighted by Gasteiger charge is -2.17. The van der Waals surface area contributed by atoms with E-state index >= 15 is 0 Å². The first-order chi connectivity index (χ1) is 11.5. The van der Waals surface area contributed by atoms with E-state index in [9.17, 15) is 15.0 Å². The molecule has 2 aromatic carbocycles. The summed E-state index contributed by atoms with van der Waals surface area (Å²) in [6.45, 7) is 2.09. The molecule has 2 rings (SSSR count). The summed E-state index contributed by atoms with van der Waals surface area (Å²) in [5.74, 6) is -0.437. The van der Waals surface area contributed by atoms with E-state index in [2.05, 4.69) is 4.74 Å². The standard InChI is InChI=1S/C18H19ClO5/c1-2-23-18(22)17(21)16(20)13-8-9-15(14(19)10-13)24-11-12-6-4-3-5-7-12/h3-10,16-17,20-21H,2,11H2,1H3/t16-,17+/m1/s1. The van der Waals surface area contributed by atoms with Crippen LogP contribution in [0.2, 0.25) is 5.02 Å². The van der Waals surface area contributed by atoms with E-state index in [0.717, 1.165) is 5.56 Å². The van der Waals surface area contributed by atoms with Crippen molar-refractivity contribution >= 4 is 17.6 Å². The molecule has 0 aliphatic heterocycles. The van der Waals surface area contributed by atoms with Gasteiger partial charge >= 0.3 is 5.97 Å². The molecule has 128 valence electrons. The Morgan fingerprint density at radius 1 is 1.17 bits per heavy atom. The number of benzene rings is 2. The number of hydrogen-bond acceptors (Lipinski definition) is 5. The van der Waals surface area contributed by atoms with Crippen molar-refractivity contribution in [3.8, 4) is 5.75 Å². The van der Waals surface area contributed by atoms with Gasteiger partial charge in [-0.15, -0.1) is 0 Å². The van der Waals surface area contributed by atoms with Crippen LogP contribution >= 0.6 is 11.6 Å². The summed E-state index contributed by atoms with van der Waals surface area (Å²) in [6.07, 6.45) is -3.10. The maximum atomic E-state index is 11.5. The molecule has 2 N–H and O–H groups in total. The van der Waals surface area contributed by atoms with Crippen molar-refractivity contribution in [1.29, 1.82) is 0 Å². The summed E-state index contributed by atoms with van der Waals surface area (Å²) in [4.78, 5) is 11.5. The highest BCUT2D eigenvalue weighted by atomic mass is 35.5. The molecular weight excluding hydrogens is 332 g/mol. The molecule has 0 saturated carbocycles. The summed E-state index contributed by atoms with van der Waals surface area (Å²) >= 11 is 6.15. The molecule has 0 aromatic heterocycles. The predicted octanol–water partition coefficient (Wildman–Crippen LogP) is 2.88. The van der Waals surface area contributed by atoms with Crippen LogP contribution in [-0.2, 0) is 16.1 Å². The molecule has 0 fully saturated rings. The highest BCUT2D eigenvalue weighted by Gasteiger charge is 2.27. The monoisotopic (exact) mass is 350 g/mol. The zero-order valence-corrected chi connectivity index (χ0v) is 13.9. The number of hydrogen-bond donors (Lipinski definition) is 2. The SMILES string of the molecule is CCOC(=O)[C@@H](O)[C@H](O)c1ccc(OCc2ccccc2)c(Cl)c1. The predicted molar refractivity (Wildman–Crippen MR) is 89.8 cm³/mol. The van der Waals surface area contributed by atoms with Crippen LogP contribution in [-0.4, -0.2) is 28.9 Å². The molecule has 0 aliphatic carbocycles. The van der Waals surface area contributed by atoms with Gasteiger partial charge in [-0.05, 0) is 30.2 Å². The van der Waals surface area contributed by atoms with E-state index in [-0.39, 0.29) is 11.6 Å². The van der Waals surface area contributed by atoms with E-state index in [1.807, 2.05) is 30.3 Å². The van der Waals surface area contributed by atoms with Crippen molar-refractivity contribution in [2.24, 2.45) is 0 Å². The lowest BCUT2D eigenvalue weighted by atomic mass is 10.0. The smallest absolute Gasteiger partial charge is 0.338 e. The van der Waals surface area contributed by atoms with Crippen LogP contribution in [0.4, 0.5) is 0 Å². The Labute approximate surface area is 145 Å². The fraction of sp³-hybridized carbons (Fsp3) is 0.278. The Hall–Kier alpha value is -2.08. The second kappa shape index (κ2) is 8.68. The van der Waals surface area contributed by atoms with Crippen LogP contribution in [0.15, 0.2) is 48.5 Å². The molecule has 0 amide bonds. The van der Waals surface area contributed by atoms with Crippen molar-refractivity contribution in [3.63, 3.8) is 0 Å². The maximum Gasteiger partial charge on any atom is 0.338 e. The van der Waals surface area contributed by atoms with Gasteiger partial charge in [-0.3, -0.25) is 0 Å². The highest BCUT2D eigenvalue weighted by Crippen LogP contribution is 2.30. The zero-order valence-electron chi connectivity index (χ0n) is 13.2. The molecule has 0 radical (unpaired) electrons. The topological polar surface area (TPSA) is 76.0 Å². The Kier molecular flexibility index (Phi) is 6.61. The van der Waals surface area contributed by atoms with Crippen LogP contribution < -0.4 is 4.74 Å². The lowest BCUT2D eigenvalue weighted by molar-refractivity contribution is -0.159. The third-order valence-corrected chi connectivity index (χ3v) is 3.66. The molecular formula is C18H19ClO5. The number of ether oxygens (including phenoxy) is 2. The summed E-state index contributed by atoms with van der Waals surface area (Å²) < 4.78 is 10.3. The lowest BCUT2D eigenvalue weighted by Crippen LogP contribution is -2.29. The van der Waals surface area contributed by atoms with Crippen molar-refractivity contribution in [2.45, 2.75) is 25.7 Å². The normalized spacial score (nSPS) is 13.2. The number of carbonyl (C=O) groups excluding carboxylic acids is 1. The number of esters is 1. The van der Waals surface area contributed by atoms with Crippen molar-refractivity contribution < 1.29 is 24.5 Å². The van der Waals surface area contributed by atoms with Gasteiger partial charge in [-0.1, -0.05) is 48.0 Å². The number of rotatable bonds is 7. The van der Waals surface area contributed by atoms with E-state index in [0.29, 0.717) is 17.9 Å². The van der Waals surface area contributed by atoms with Gasteiger partial charge in [0.1, 0.15) is 18.5 Å². The summed E-state index contributed by atoms with van der Waals surface area (Å²) in [5, 5.41) is 20.1. The average molecular weight is 351 g/mol. The third-order valence-electron chi connectivity index (χ3n) is 3.36. The second-order valence-corrected chi connectivity index (χ2v) is 5.51. The first kappa shape index (κ1) is 18.3. The first-order valence-electron chi connectivity index (χ1n) is 7.52. The fourth-order valence-corrected chi connectivity index (χ4v) is 2.34. The van der Waals surface area contributed by atoms with Gasteiger partial charge in [-0.25, -0.2) is 4.79 Å². The number of halogens is 1. The minimum Gasteiger partial charge on any atom is -0.487 e. The van der Waals surface area contributed by atoms with Crippen molar-refractivity contribution in [3.05, 3.63) is 64.7 Å². The number of carbonyl (C=O) groups is 1. The molecule has 6 heteroatoms. The minimum absolute atomic E-state index is 0.121. The van der Waals surface area contributed by atoms with E-state index in [1.54, 1.807) is 19.1 Å². The molecule has 0 spiro atoms. The summed E-state index contributed by atoms with van der Waals surface area (Å²) in [7, 11) is 0. The second-order valence-electron chi connectivity index (χ2n) is 5.11. The molecule has 2 aromatic rings. The number of aliphatic hydroxyl groups excluding tert-OH is 2. The fourth-order valence-electron chi connectivity index (χ4n) is 2.09. The van der Waals surface area contributed by atoms with E-state index in [4.69, 9.17) is 16.3 Å². The van der Waals surface area contributed by atoms with Gasteiger partial charge in [0, 0.05) is 0 Å². The summed E-state index contributed by atoms with van der Waals surface area (Å²) in [6, 6.07) is 14.2. The Morgan fingerprint density at radius 2 is 1.88 bits per heavy atom. The van der Waals surface area contributed by atoms with Crippen LogP contribution in [0.1, 0.15) is 24.2 Å². The van der Waals surface area contributed by atoms with Crippen molar-refractivity contribution in [1.82, 2.24) is 0 Å². The van der Waals surface area contributed by atoms with Crippen molar-refractivity contribution in [2.75, 3.05) is 6.61 Å². The van der Waals surface area contributed by atoms with Gasteiger partial charge in [0.25, 0.3) is 0 Å². The van der Waals surface area contributed by atoms with E-state index in [1.165, 1.54) is 6.07 Å². The molecule has 2 atom stereocenters. The molecule has 0 bridgehead atoms. The van der Waals surface area contributed by atoms with Crippen LogP contribution in [0.3, 0.4) is 0 Å². The van der Waals surface area contributed by atoms with Gasteiger partial charge in [0.2, 0.25) is 0 Å². The highest BCUT2D eigenvalue weighted by molar-refractivity contribution is 6.32. The average Bonchev–Trinajstić information content (AvgIpc) is 2.60. The zero-order chi connectivity index (χ0) is 17.5. The quantitative estimate of drug-likeness (QED) is 0.751. The van der Waals surface area contributed by atoms with Crippen LogP contribution in [0.5, 0.6) is 5.75 Å². The molecule has 0 aliphatic rings. The third kappa shape index (κ3) is 4.71. The molecule has 0 unspecified atom stereocenters. The van der Waals surface area contributed by atoms with Crippen LogP contribution in [0, 0.1) is 0 Å². The van der Waals surface area contributed by atoms with Gasteiger partial charge in [0.15, 0.2) is 6.10 Å². The Morgan fingerprint density at radius 3 is 2.50 bits per heavy atom. The summed E-state index contributed by atoms with van der Waals surface area (Å²) in [5.41, 5.74) is 1.29. The van der Waals surface area contributed by atoms with Crippen LogP contribution in [0.25, 0.3) is 0 Å². The Bertz CT molecular complexity index is 674.